The van der Waals surface area contributed by atoms with Gasteiger partial charge in [-0.2, -0.15) is 0 Å². The van der Waals surface area contributed by atoms with E-state index >= 15 is 0 Å². The van der Waals surface area contributed by atoms with Gasteiger partial charge in [0.15, 0.2) is 0 Å². The number of carboxylic acid groups (broad SMARTS) is 1. The van der Waals surface area contributed by atoms with Gasteiger partial charge in [-0.15, -0.1) is 0 Å². The molecule has 2 amide bonds. The van der Waals surface area contributed by atoms with Crippen LogP contribution in [-0.4, -0.2) is 61.1 Å². The highest BCUT2D eigenvalue weighted by Gasteiger charge is 2.10. The number of amides is 2. The molecule has 0 aliphatic heterocycles. The smallest absolute Gasteiger partial charge is 0.317 e. The highest BCUT2D eigenvalue weighted by Crippen LogP contribution is 2.09. The molecule has 0 fully saturated rings. The summed E-state index contributed by atoms with van der Waals surface area (Å²) < 4.78 is 0. The Morgan fingerprint density at radius 1 is 1.10 bits per heavy atom. The van der Waals surface area contributed by atoms with Crippen molar-refractivity contribution in [2.24, 2.45) is 0 Å². The van der Waals surface area contributed by atoms with E-state index in [0.29, 0.717) is 13.1 Å². The largest absolute Gasteiger partial charge is 0.481 e. The van der Waals surface area contributed by atoms with Gasteiger partial charge in [-0.1, -0.05) is 24.3 Å². The van der Waals surface area contributed by atoms with Crippen molar-refractivity contribution in [2.75, 3.05) is 34.2 Å². The van der Waals surface area contributed by atoms with Crippen molar-refractivity contribution in [3.8, 4) is 0 Å². The zero-order valence-corrected chi connectivity index (χ0v) is 12.8. The molecular weight excluding hydrogens is 270 g/mol. The maximum absolute atomic E-state index is 11.9. The van der Waals surface area contributed by atoms with Crippen molar-refractivity contribution < 1.29 is 14.7 Å². The number of benzene rings is 1. The maximum atomic E-state index is 11.9. The van der Waals surface area contributed by atoms with E-state index in [1.54, 1.807) is 24.1 Å². The number of hydrogen-bond donors (Lipinski definition) is 2. The molecule has 1 aromatic carbocycles. The van der Waals surface area contributed by atoms with E-state index < -0.39 is 5.97 Å². The van der Waals surface area contributed by atoms with Crippen LogP contribution in [0.25, 0.3) is 0 Å². The number of aliphatic carboxylic acids is 1. The summed E-state index contributed by atoms with van der Waals surface area (Å²) in [6, 6.07) is 7.07. The molecule has 0 atom stereocenters. The lowest BCUT2D eigenvalue weighted by molar-refractivity contribution is -0.136. The van der Waals surface area contributed by atoms with Crippen molar-refractivity contribution in [3.63, 3.8) is 0 Å². The van der Waals surface area contributed by atoms with Gasteiger partial charge in [-0.3, -0.25) is 4.79 Å². The number of nitrogens with zero attached hydrogens (tertiary/aromatic N) is 2. The summed E-state index contributed by atoms with van der Waals surface area (Å²) in [6.45, 7) is 1.75. The fraction of sp³-hybridized carbons (Fsp3) is 0.467. The SMILES string of the molecule is CN(C)CCN(C)C(=O)NCc1ccccc1CC(=O)O. The zero-order valence-electron chi connectivity index (χ0n) is 12.8. The van der Waals surface area contributed by atoms with Crippen LogP contribution in [0.1, 0.15) is 11.1 Å². The first-order valence-corrected chi connectivity index (χ1v) is 6.82. The van der Waals surface area contributed by atoms with Crippen LogP contribution in [0.5, 0.6) is 0 Å². The van der Waals surface area contributed by atoms with E-state index in [4.69, 9.17) is 5.11 Å². The van der Waals surface area contributed by atoms with E-state index in [-0.39, 0.29) is 12.5 Å². The molecule has 0 spiro atoms. The Morgan fingerprint density at radius 3 is 2.29 bits per heavy atom. The van der Waals surface area contributed by atoms with Gasteiger partial charge in [0, 0.05) is 26.7 Å². The van der Waals surface area contributed by atoms with Gasteiger partial charge >= 0.3 is 12.0 Å². The Bertz CT molecular complexity index is 489. The van der Waals surface area contributed by atoms with E-state index in [9.17, 15) is 9.59 Å². The third-order valence-electron chi connectivity index (χ3n) is 3.12. The molecule has 0 saturated heterocycles. The van der Waals surface area contributed by atoms with E-state index in [2.05, 4.69) is 5.32 Å². The molecule has 6 nitrogen and oxygen atoms in total. The minimum absolute atomic E-state index is 0.0392. The molecule has 0 unspecified atom stereocenters. The zero-order chi connectivity index (χ0) is 15.8. The van der Waals surface area contributed by atoms with Crippen molar-refractivity contribution in [1.82, 2.24) is 15.1 Å². The topological polar surface area (TPSA) is 72.9 Å². The minimum atomic E-state index is -0.878. The molecular formula is C15H23N3O3. The standard InChI is InChI=1S/C15H23N3O3/c1-17(2)8-9-18(3)15(21)16-11-13-7-5-4-6-12(13)10-14(19)20/h4-7H,8-11H2,1-3H3,(H,16,21)(H,19,20). The summed E-state index contributed by atoms with van der Waals surface area (Å²) in [6.07, 6.45) is -0.0392. The van der Waals surface area contributed by atoms with Gasteiger partial charge in [-0.25, -0.2) is 4.79 Å². The van der Waals surface area contributed by atoms with Crippen LogP contribution in [-0.2, 0) is 17.8 Å². The number of nitrogens with one attached hydrogen (secondary N) is 1. The highest BCUT2D eigenvalue weighted by atomic mass is 16.4. The molecule has 0 saturated carbocycles. The minimum Gasteiger partial charge on any atom is -0.481 e. The van der Waals surface area contributed by atoms with Crippen molar-refractivity contribution >= 4 is 12.0 Å². The Morgan fingerprint density at radius 2 is 1.71 bits per heavy atom. The Balaban J connectivity index is 2.54. The van der Waals surface area contributed by atoms with Crippen molar-refractivity contribution in [1.29, 1.82) is 0 Å². The number of hydrogen-bond acceptors (Lipinski definition) is 3. The van der Waals surface area contributed by atoms with Crippen LogP contribution in [0.15, 0.2) is 24.3 Å². The van der Waals surface area contributed by atoms with Crippen LogP contribution in [0, 0.1) is 0 Å². The second-order valence-electron chi connectivity index (χ2n) is 5.22. The van der Waals surface area contributed by atoms with Crippen LogP contribution >= 0.6 is 0 Å². The molecule has 0 bridgehead atoms. The van der Waals surface area contributed by atoms with Gasteiger partial charge in [0.05, 0.1) is 6.42 Å². The molecule has 0 heterocycles. The monoisotopic (exact) mass is 293 g/mol. The van der Waals surface area contributed by atoms with Gasteiger partial charge in [-0.05, 0) is 25.2 Å². The molecule has 116 valence electrons. The normalized spacial score (nSPS) is 10.5. The van der Waals surface area contributed by atoms with Gasteiger partial charge < -0.3 is 20.2 Å². The summed E-state index contributed by atoms with van der Waals surface area (Å²) in [5, 5.41) is 11.7. The summed E-state index contributed by atoms with van der Waals surface area (Å²) in [7, 11) is 5.64. The Labute approximate surface area is 125 Å². The molecule has 0 aliphatic rings. The molecule has 0 radical (unpaired) electrons. The molecule has 0 aromatic heterocycles. The number of likely N-dealkylation sites (N-methyl/N-ethyl adjacent to an activating group) is 2. The van der Waals surface area contributed by atoms with Crippen LogP contribution in [0.2, 0.25) is 0 Å². The maximum Gasteiger partial charge on any atom is 0.317 e. The summed E-state index contributed by atoms with van der Waals surface area (Å²) in [5.74, 6) is -0.878. The average Bonchev–Trinajstić information content (AvgIpc) is 2.42. The lowest BCUT2D eigenvalue weighted by atomic mass is 10.0. The average molecular weight is 293 g/mol. The van der Waals surface area contributed by atoms with Crippen LogP contribution in [0.3, 0.4) is 0 Å². The second kappa shape index (κ2) is 8.26. The molecule has 6 heteroatoms. The second-order valence-corrected chi connectivity index (χ2v) is 5.22. The quantitative estimate of drug-likeness (QED) is 0.787. The number of urea groups is 1. The van der Waals surface area contributed by atoms with Crippen LogP contribution in [0.4, 0.5) is 4.79 Å². The van der Waals surface area contributed by atoms with E-state index in [1.165, 1.54) is 0 Å². The van der Waals surface area contributed by atoms with Crippen LogP contribution < -0.4 is 5.32 Å². The van der Waals surface area contributed by atoms with Gasteiger partial charge in [0.25, 0.3) is 0 Å². The first-order valence-electron chi connectivity index (χ1n) is 6.82. The third kappa shape index (κ3) is 6.27. The lowest BCUT2D eigenvalue weighted by Gasteiger charge is -2.20. The highest BCUT2D eigenvalue weighted by molar-refractivity contribution is 5.74. The first-order chi connectivity index (χ1) is 9.90. The van der Waals surface area contributed by atoms with E-state index in [0.717, 1.165) is 17.7 Å². The summed E-state index contributed by atoms with van der Waals surface area (Å²) in [4.78, 5) is 26.4. The van der Waals surface area contributed by atoms with Crippen molar-refractivity contribution in [3.05, 3.63) is 35.4 Å². The number of carbonyl (C=O) groups is 2. The van der Waals surface area contributed by atoms with Crippen molar-refractivity contribution in [2.45, 2.75) is 13.0 Å². The molecule has 1 rings (SSSR count). The predicted molar refractivity (Wildman–Crippen MR) is 81.2 cm³/mol. The first kappa shape index (κ1) is 17.0. The summed E-state index contributed by atoms with van der Waals surface area (Å²) in [5.41, 5.74) is 1.55. The molecule has 1 aromatic rings. The van der Waals surface area contributed by atoms with Gasteiger partial charge in [0.1, 0.15) is 0 Å². The lowest BCUT2D eigenvalue weighted by Crippen LogP contribution is -2.40. The van der Waals surface area contributed by atoms with Gasteiger partial charge in [0.2, 0.25) is 0 Å². The molecule has 2 N–H and O–H groups in total. The third-order valence-corrected chi connectivity index (χ3v) is 3.12. The predicted octanol–water partition coefficient (Wildman–Crippen LogP) is 1.02. The summed E-state index contributed by atoms with van der Waals surface area (Å²) >= 11 is 0. The number of carboxylic acids is 1. The number of rotatable bonds is 7. The fourth-order valence-corrected chi connectivity index (χ4v) is 1.82. The van der Waals surface area contributed by atoms with E-state index in [1.807, 2.05) is 31.1 Å². The Hall–Kier alpha value is -2.08. The Kier molecular flexibility index (Phi) is 6.68. The molecule has 21 heavy (non-hydrogen) atoms. The fourth-order valence-electron chi connectivity index (χ4n) is 1.82. The molecule has 0 aliphatic carbocycles. The number of carbonyl (C=O) groups excluding carboxylic acids is 1.